The van der Waals surface area contributed by atoms with Crippen LogP contribution in [0.4, 0.5) is 0 Å². The third-order valence-electron chi connectivity index (χ3n) is 6.40. The van der Waals surface area contributed by atoms with Crippen LogP contribution in [-0.2, 0) is 0 Å². The normalized spacial score (nSPS) is 17.3. The van der Waals surface area contributed by atoms with E-state index >= 15 is 0 Å². The summed E-state index contributed by atoms with van der Waals surface area (Å²) in [6.07, 6.45) is 4.05. The molecule has 3 heterocycles. The Morgan fingerprint density at radius 3 is 2.51 bits per heavy atom. The number of nitrogens with zero attached hydrogens (tertiary/aromatic N) is 5. The van der Waals surface area contributed by atoms with Crippen molar-refractivity contribution in [2.75, 3.05) is 27.3 Å². The number of benzene rings is 2. The predicted octanol–water partition coefficient (Wildman–Crippen LogP) is 4.58. The van der Waals surface area contributed by atoms with Gasteiger partial charge in [-0.05, 0) is 49.6 Å². The highest BCUT2D eigenvalue weighted by atomic mass is 16.5. The summed E-state index contributed by atoms with van der Waals surface area (Å²) in [7, 11) is 3.20. The number of aliphatic imine (C=N–C) groups is 1. The lowest BCUT2D eigenvalue weighted by molar-refractivity contribution is 0.353. The number of ether oxygens (including phenoxy) is 3. The molecule has 0 N–H and O–H groups in total. The number of rotatable bonds is 6. The first-order valence-electron chi connectivity index (χ1n) is 11.6. The average Bonchev–Trinajstić information content (AvgIpc) is 3.54. The van der Waals surface area contributed by atoms with Gasteiger partial charge in [0.15, 0.2) is 11.5 Å². The third kappa shape index (κ3) is 4.10. The van der Waals surface area contributed by atoms with Crippen LogP contribution in [0.5, 0.6) is 17.4 Å². The zero-order valence-electron chi connectivity index (χ0n) is 20.1. The minimum Gasteiger partial charge on any atom is -0.493 e. The number of methoxy groups -OCH3 is 2. The van der Waals surface area contributed by atoms with Gasteiger partial charge in [-0.15, -0.1) is 0 Å². The van der Waals surface area contributed by atoms with Crippen LogP contribution in [0.1, 0.15) is 35.6 Å². The van der Waals surface area contributed by atoms with Gasteiger partial charge in [-0.3, -0.25) is 0 Å². The number of aryl methyl sites for hydroxylation is 1. The highest BCUT2D eigenvalue weighted by Gasteiger charge is 2.37. The Morgan fingerprint density at radius 1 is 1.09 bits per heavy atom. The van der Waals surface area contributed by atoms with E-state index in [-0.39, 0.29) is 5.88 Å². The van der Waals surface area contributed by atoms with Gasteiger partial charge in [0.25, 0.3) is 0 Å². The minimum absolute atomic E-state index is 0.281. The van der Waals surface area contributed by atoms with Gasteiger partial charge in [-0.25, -0.2) is 9.67 Å². The third-order valence-corrected chi connectivity index (χ3v) is 6.40. The number of aromatic nitrogens is 2. The molecule has 0 amide bonds. The number of para-hydroxylation sites is 1. The zero-order chi connectivity index (χ0) is 24.4. The maximum Gasteiger partial charge on any atom is 0.237 e. The first kappa shape index (κ1) is 22.5. The minimum atomic E-state index is -0.424. The van der Waals surface area contributed by atoms with Crippen molar-refractivity contribution in [1.82, 2.24) is 14.7 Å². The Kier molecular flexibility index (Phi) is 6.15. The molecule has 2 aromatic carbocycles. The summed E-state index contributed by atoms with van der Waals surface area (Å²) in [5.41, 5.74) is 3.77. The number of hydrogen-bond donors (Lipinski definition) is 0. The lowest BCUT2D eigenvalue weighted by Crippen LogP contribution is -2.20. The maximum atomic E-state index is 10.3. The Morgan fingerprint density at radius 2 is 1.83 bits per heavy atom. The number of nitriles is 1. The molecular formula is C27H27N5O3. The van der Waals surface area contributed by atoms with Crippen LogP contribution in [0.15, 0.2) is 65.0 Å². The predicted molar refractivity (Wildman–Crippen MR) is 132 cm³/mol. The van der Waals surface area contributed by atoms with E-state index in [0.29, 0.717) is 23.0 Å². The maximum absolute atomic E-state index is 10.3. The second kappa shape index (κ2) is 9.55. The number of allylic oxidation sites excluding steroid dienone is 1. The Hall–Kier alpha value is -4.25. The van der Waals surface area contributed by atoms with E-state index in [0.717, 1.165) is 48.4 Å². The first-order chi connectivity index (χ1) is 17.1. The van der Waals surface area contributed by atoms with Crippen LogP contribution in [0.3, 0.4) is 0 Å². The monoisotopic (exact) mass is 469 g/mol. The summed E-state index contributed by atoms with van der Waals surface area (Å²) < 4.78 is 19.1. The first-order valence-corrected chi connectivity index (χ1v) is 11.6. The molecule has 178 valence electrons. The van der Waals surface area contributed by atoms with Gasteiger partial charge in [0.05, 0.1) is 43.4 Å². The molecule has 5 rings (SSSR count). The standard InChI is InChI=1S/C27H27N5O3/c1-18-24-25(19-11-12-22(33-2)23(15-19)34-3)21(16-28)26(29-17-31-13-7-8-14-31)35-27(24)32(30-18)20-9-5-4-6-10-20/h4-6,9-12,15,17,25H,7-8,13-14H2,1-3H3/t25-/m1/s1. The van der Waals surface area contributed by atoms with E-state index in [1.54, 1.807) is 25.2 Å². The lowest BCUT2D eigenvalue weighted by atomic mass is 9.84. The summed E-state index contributed by atoms with van der Waals surface area (Å²) in [6, 6.07) is 17.9. The zero-order valence-corrected chi connectivity index (χ0v) is 20.1. The molecule has 1 atom stereocenters. The molecule has 2 aliphatic heterocycles. The van der Waals surface area contributed by atoms with Gasteiger partial charge < -0.3 is 19.1 Å². The van der Waals surface area contributed by atoms with Crippen molar-refractivity contribution in [3.05, 3.63) is 76.8 Å². The van der Waals surface area contributed by atoms with Gasteiger partial charge in [-0.2, -0.15) is 10.4 Å². The Labute approximate surface area is 204 Å². The van der Waals surface area contributed by atoms with E-state index in [4.69, 9.17) is 19.3 Å². The molecule has 3 aromatic rings. The molecule has 35 heavy (non-hydrogen) atoms. The lowest BCUT2D eigenvalue weighted by Gasteiger charge is -2.25. The van der Waals surface area contributed by atoms with Crippen molar-refractivity contribution >= 4 is 6.34 Å². The smallest absolute Gasteiger partial charge is 0.237 e. The molecule has 0 unspecified atom stereocenters. The highest BCUT2D eigenvalue weighted by Crippen LogP contribution is 2.47. The van der Waals surface area contributed by atoms with Crippen LogP contribution < -0.4 is 14.2 Å². The largest absolute Gasteiger partial charge is 0.493 e. The number of likely N-dealkylation sites (tertiary alicyclic amines) is 1. The molecule has 1 saturated heterocycles. The Balaban J connectivity index is 1.70. The van der Waals surface area contributed by atoms with Crippen LogP contribution in [0, 0.1) is 18.3 Å². The van der Waals surface area contributed by atoms with Crippen molar-refractivity contribution in [3.63, 3.8) is 0 Å². The molecule has 8 nitrogen and oxygen atoms in total. The van der Waals surface area contributed by atoms with E-state index < -0.39 is 5.92 Å². The topological polar surface area (TPSA) is 84.9 Å². The quantitative estimate of drug-likeness (QED) is 0.388. The molecule has 1 fully saturated rings. The molecule has 2 aliphatic rings. The van der Waals surface area contributed by atoms with Crippen molar-refractivity contribution in [2.24, 2.45) is 4.99 Å². The van der Waals surface area contributed by atoms with E-state index in [9.17, 15) is 5.26 Å². The van der Waals surface area contributed by atoms with Crippen LogP contribution in [-0.4, -0.2) is 48.3 Å². The van der Waals surface area contributed by atoms with E-state index in [2.05, 4.69) is 16.0 Å². The second-order valence-corrected chi connectivity index (χ2v) is 8.52. The number of hydrogen-bond acceptors (Lipinski definition) is 6. The van der Waals surface area contributed by atoms with Crippen molar-refractivity contribution in [2.45, 2.75) is 25.7 Å². The van der Waals surface area contributed by atoms with Crippen molar-refractivity contribution < 1.29 is 14.2 Å². The molecule has 0 aliphatic carbocycles. The second-order valence-electron chi connectivity index (χ2n) is 8.52. The fourth-order valence-electron chi connectivity index (χ4n) is 4.67. The molecule has 0 saturated carbocycles. The fraction of sp³-hybridized carbons (Fsp3) is 0.296. The highest BCUT2D eigenvalue weighted by molar-refractivity contribution is 5.62. The fourth-order valence-corrected chi connectivity index (χ4v) is 4.67. The summed E-state index contributed by atoms with van der Waals surface area (Å²) >= 11 is 0. The summed E-state index contributed by atoms with van der Waals surface area (Å²) in [6.45, 7) is 3.83. The van der Waals surface area contributed by atoms with Crippen LogP contribution in [0.2, 0.25) is 0 Å². The molecular weight excluding hydrogens is 442 g/mol. The SMILES string of the molecule is COc1ccc([C@@H]2C(C#N)=C(N=CN3CCCC3)Oc3c2c(C)nn3-c2ccccc2)cc1OC. The summed E-state index contributed by atoms with van der Waals surface area (Å²) in [4.78, 5) is 6.80. The average molecular weight is 470 g/mol. The molecule has 1 aromatic heterocycles. The molecule has 0 radical (unpaired) electrons. The molecule has 0 spiro atoms. The van der Waals surface area contributed by atoms with Gasteiger partial charge >= 0.3 is 0 Å². The van der Waals surface area contributed by atoms with E-state index in [1.165, 1.54) is 0 Å². The Bertz CT molecular complexity index is 1330. The van der Waals surface area contributed by atoms with Gasteiger partial charge in [0.1, 0.15) is 11.6 Å². The van der Waals surface area contributed by atoms with Gasteiger partial charge in [-0.1, -0.05) is 24.3 Å². The van der Waals surface area contributed by atoms with Gasteiger partial charge in [0, 0.05) is 13.1 Å². The summed E-state index contributed by atoms with van der Waals surface area (Å²) in [5.74, 6) is 1.62. The van der Waals surface area contributed by atoms with Crippen molar-refractivity contribution in [1.29, 1.82) is 5.26 Å². The van der Waals surface area contributed by atoms with Gasteiger partial charge in [0.2, 0.25) is 11.8 Å². The number of fused-ring (bicyclic) bond motifs is 1. The van der Waals surface area contributed by atoms with Crippen molar-refractivity contribution in [3.8, 4) is 29.1 Å². The van der Waals surface area contributed by atoms with Crippen LogP contribution in [0.25, 0.3) is 5.69 Å². The molecule has 8 heteroatoms. The molecule has 0 bridgehead atoms. The van der Waals surface area contributed by atoms with Crippen LogP contribution >= 0.6 is 0 Å². The summed E-state index contributed by atoms with van der Waals surface area (Å²) in [5, 5.41) is 15.1. The van der Waals surface area contributed by atoms with E-state index in [1.807, 2.05) is 55.5 Å².